The molecule has 4 saturated carbocycles. The van der Waals surface area contributed by atoms with E-state index < -0.39 is 6.04 Å². The van der Waals surface area contributed by atoms with E-state index in [0.717, 1.165) is 56.9 Å². The third kappa shape index (κ3) is 4.93. The highest BCUT2D eigenvalue weighted by molar-refractivity contribution is 7.80. The Balaban J connectivity index is 1.30. The lowest BCUT2D eigenvalue weighted by molar-refractivity contribution is -0.134. The number of likely N-dealkylation sites (N-methyl/N-ethyl adjacent to an activating group) is 1. The fourth-order valence-electron chi connectivity index (χ4n) is 7.04. The normalized spacial score (nSPS) is 34.1. The molecule has 7 heteroatoms. The Labute approximate surface area is 187 Å². The molecule has 4 bridgehead atoms. The maximum atomic E-state index is 13.0. The number of hydrogen-bond donors (Lipinski definition) is 2. The summed E-state index contributed by atoms with van der Waals surface area (Å²) in [4.78, 5) is 31.8. The second-order valence-corrected chi connectivity index (χ2v) is 11.1. The van der Waals surface area contributed by atoms with Crippen LogP contribution >= 0.6 is 12.6 Å². The van der Waals surface area contributed by atoms with Gasteiger partial charge in [-0.1, -0.05) is 0 Å². The Bertz CT molecular complexity index is 599. The van der Waals surface area contributed by atoms with Gasteiger partial charge in [-0.3, -0.25) is 4.79 Å². The van der Waals surface area contributed by atoms with Crippen LogP contribution in [-0.2, 0) is 4.79 Å². The molecule has 5 aliphatic rings. The molecule has 3 amide bonds. The van der Waals surface area contributed by atoms with Crippen LogP contribution in [0.3, 0.4) is 0 Å². The number of hydrogen-bond acceptors (Lipinski definition) is 4. The highest BCUT2D eigenvalue weighted by atomic mass is 32.1. The van der Waals surface area contributed by atoms with Crippen molar-refractivity contribution in [1.82, 2.24) is 20.0 Å². The van der Waals surface area contributed by atoms with E-state index >= 15 is 0 Å². The zero-order chi connectivity index (χ0) is 21.3. The Hall–Kier alpha value is -0.950. The van der Waals surface area contributed by atoms with Gasteiger partial charge in [0.25, 0.3) is 0 Å². The number of nitrogens with one attached hydrogen (secondary N) is 1. The Kier molecular flexibility index (Phi) is 6.88. The third-order valence-corrected chi connectivity index (χ3v) is 8.46. The first-order chi connectivity index (χ1) is 14.4. The SMILES string of the molecule is CC(NC(=O)N(CCS)CCC12CC3CC(CC(C3)C1)C2)C(=O)N1CCN(C)CC1. The van der Waals surface area contributed by atoms with Crippen molar-refractivity contribution in [3.8, 4) is 0 Å². The molecule has 0 spiro atoms. The number of nitrogens with zero attached hydrogens (tertiary/aromatic N) is 3. The van der Waals surface area contributed by atoms with E-state index in [0.29, 0.717) is 17.7 Å². The lowest BCUT2D eigenvalue weighted by atomic mass is 9.49. The fourth-order valence-corrected chi connectivity index (χ4v) is 7.28. The van der Waals surface area contributed by atoms with E-state index in [4.69, 9.17) is 0 Å². The van der Waals surface area contributed by atoms with Crippen LogP contribution in [0.25, 0.3) is 0 Å². The van der Waals surface area contributed by atoms with Crippen LogP contribution in [0.15, 0.2) is 0 Å². The van der Waals surface area contributed by atoms with E-state index in [2.05, 4.69) is 29.9 Å². The summed E-state index contributed by atoms with van der Waals surface area (Å²) in [6, 6.07) is -0.591. The first-order valence-corrected chi connectivity index (χ1v) is 12.6. The van der Waals surface area contributed by atoms with Gasteiger partial charge in [0.05, 0.1) is 0 Å². The zero-order valence-corrected chi connectivity index (χ0v) is 19.7. The Morgan fingerprint density at radius 1 is 1.03 bits per heavy atom. The van der Waals surface area contributed by atoms with E-state index in [9.17, 15) is 9.59 Å². The zero-order valence-electron chi connectivity index (χ0n) is 18.8. The van der Waals surface area contributed by atoms with Crippen LogP contribution in [0.4, 0.5) is 4.79 Å². The third-order valence-electron chi connectivity index (χ3n) is 8.26. The predicted molar refractivity (Wildman–Crippen MR) is 123 cm³/mol. The van der Waals surface area contributed by atoms with Gasteiger partial charge in [-0.15, -0.1) is 0 Å². The molecule has 0 aromatic rings. The molecule has 5 fully saturated rings. The molecule has 6 nitrogen and oxygen atoms in total. The van der Waals surface area contributed by atoms with Gasteiger partial charge in [0.2, 0.25) is 5.91 Å². The summed E-state index contributed by atoms with van der Waals surface area (Å²) in [6.07, 6.45) is 9.57. The molecule has 0 aromatic carbocycles. The van der Waals surface area contributed by atoms with Crippen molar-refractivity contribution in [3.63, 3.8) is 0 Å². The number of amides is 3. The van der Waals surface area contributed by atoms with Gasteiger partial charge in [0, 0.05) is 45.0 Å². The second kappa shape index (κ2) is 9.27. The molecule has 1 N–H and O–H groups in total. The molecule has 1 heterocycles. The van der Waals surface area contributed by atoms with Crippen molar-refractivity contribution in [2.24, 2.45) is 23.2 Å². The summed E-state index contributed by atoms with van der Waals surface area (Å²) < 4.78 is 0. The molecule has 0 radical (unpaired) electrons. The second-order valence-electron chi connectivity index (χ2n) is 10.7. The van der Waals surface area contributed by atoms with E-state index in [1.807, 2.05) is 16.7 Å². The van der Waals surface area contributed by atoms with Gasteiger partial charge >= 0.3 is 6.03 Å². The minimum absolute atomic E-state index is 0.0309. The summed E-state index contributed by atoms with van der Waals surface area (Å²) in [7, 11) is 2.08. The number of urea groups is 1. The number of carbonyl (C=O) groups excluding carboxylic acids is 2. The molecule has 4 aliphatic carbocycles. The van der Waals surface area contributed by atoms with Crippen LogP contribution in [0, 0.1) is 23.2 Å². The van der Waals surface area contributed by atoms with Crippen molar-refractivity contribution in [2.45, 2.75) is 57.9 Å². The number of rotatable bonds is 7. The minimum Gasteiger partial charge on any atom is -0.338 e. The quantitative estimate of drug-likeness (QED) is 0.604. The monoisotopic (exact) mass is 436 g/mol. The summed E-state index contributed by atoms with van der Waals surface area (Å²) in [5, 5.41) is 2.98. The van der Waals surface area contributed by atoms with Crippen molar-refractivity contribution in [2.75, 3.05) is 52.1 Å². The number of carbonyl (C=O) groups is 2. The minimum atomic E-state index is -0.483. The van der Waals surface area contributed by atoms with Gasteiger partial charge in [0.15, 0.2) is 0 Å². The summed E-state index contributed by atoms with van der Waals surface area (Å²) >= 11 is 4.39. The Morgan fingerprint density at radius 3 is 2.13 bits per heavy atom. The molecule has 1 unspecified atom stereocenters. The van der Waals surface area contributed by atoms with Gasteiger partial charge in [-0.2, -0.15) is 12.6 Å². The summed E-state index contributed by atoms with van der Waals surface area (Å²) in [5.41, 5.74) is 0.463. The largest absolute Gasteiger partial charge is 0.338 e. The molecule has 1 saturated heterocycles. The van der Waals surface area contributed by atoms with Crippen LogP contribution in [0.2, 0.25) is 0 Å². The molecular weight excluding hydrogens is 396 g/mol. The van der Waals surface area contributed by atoms with E-state index in [1.54, 1.807) is 0 Å². The summed E-state index contributed by atoms with van der Waals surface area (Å²) in [5.74, 6) is 3.48. The molecule has 170 valence electrons. The molecule has 0 aromatic heterocycles. The molecule has 1 aliphatic heterocycles. The van der Waals surface area contributed by atoms with Crippen molar-refractivity contribution >= 4 is 24.6 Å². The lowest BCUT2D eigenvalue weighted by Crippen LogP contribution is -2.55. The topological polar surface area (TPSA) is 55.9 Å². The van der Waals surface area contributed by atoms with Crippen molar-refractivity contribution in [1.29, 1.82) is 0 Å². The average molecular weight is 437 g/mol. The molecule has 5 rings (SSSR count). The highest BCUT2D eigenvalue weighted by Crippen LogP contribution is 2.61. The van der Waals surface area contributed by atoms with Crippen LogP contribution in [0.5, 0.6) is 0 Å². The molecular formula is C23H40N4O2S. The highest BCUT2D eigenvalue weighted by Gasteiger charge is 2.50. The van der Waals surface area contributed by atoms with Crippen LogP contribution in [0.1, 0.15) is 51.9 Å². The van der Waals surface area contributed by atoms with E-state index in [1.165, 1.54) is 38.5 Å². The first kappa shape index (κ1) is 22.3. The van der Waals surface area contributed by atoms with Crippen LogP contribution in [-0.4, -0.2) is 84.7 Å². The Morgan fingerprint density at radius 2 is 1.60 bits per heavy atom. The fraction of sp³-hybridized carbons (Fsp3) is 0.913. The lowest BCUT2D eigenvalue weighted by Gasteiger charge is -2.57. The van der Waals surface area contributed by atoms with Gasteiger partial charge in [0.1, 0.15) is 6.04 Å². The average Bonchev–Trinajstić information content (AvgIpc) is 2.70. The van der Waals surface area contributed by atoms with Gasteiger partial charge in [-0.25, -0.2) is 4.79 Å². The van der Waals surface area contributed by atoms with Crippen molar-refractivity contribution in [3.05, 3.63) is 0 Å². The number of thiol groups is 1. The maximum absolute atomic E-state index is 13.0. The molecule has 1 atom stereocenters. The van der Waals surface area contributed by atoms with Gasteiger partial charge < -0.3 is 20.0 Å². The van der Waals surface area contributed by atoms with Crippen LogP contribution < -0.4 is 5.32 Å². The maximum Gasteiger partial charge on any atom is 0.318 e. The van der Waals surface area contributed by atoms with E-state index in [-0.39, 0.29) is 11.9 Å². The standard InChI is InChI=1S/C23H40N4O2S/c1-17(21(28)26-7-5-25(2)6-8-26)24-22(29)27(9-10-30)4-3-23-14-18-11-19(15-23)13-20(12-18)16-23/h17-20,30H,3-16H2,1-2H3,(H,24,29). The smallest absolute Gasteiger partial charge is 0.318 e. The predicted octanol–water partition coefficient (Wildman–Crippen LogP) is 2.70. The van der Waals surface area contributed by atoms with Crippen molar-refractivity contribution < 1.29 is 9.59 Å². The molecule has 30 heavy (non-hydrogen) atoms. The first-order valence-electron chi connectivity index (χ1n) is 12.0. The number of piperazine rings is 1. The summed E-state index contributed by atoms with van der Waals surface area (Å²) in [6.45, 7) is 6.50. The van der Waals surface area contributed by atoms with Gasteiger partial charge in [-0.05, 0) is 82.1 Å².